The highest BCUT2D eigenvalue weighted by molar-refractivity contribution is 7.58. The zero-order valence-electron chi connectivity index (χ0n) is 10.4. The standard InChI is InChI=1S/C12H24NO3P/c14-11-6-2-3-7-12(11)17(15,16)10-13-8-4-1-5-9-13/h11-12,14H,1-10H2,(H,15,16)/t11-,12-/m0/s1. The number of hydrogen-bond acceptors (Lipinski definition) is 3. The number of aliphatic hydroxyl groups is 1. The monoisotopic (exact) mass is 261 g/mol. The molecule has 2 rings (SSSR count). The van der Waals surface area contributed by atoms with E-state index in [1.54, 1.807) is 0 Å². The molecular formula is C12H24NO3P. The van der Waals surface area contributed by atoms with Crippen LogP contribution < -0.4 is 0 Å². The number of nitrogens with zero attached hydrogens (tertiary/aromatic N) is 1. The third-order valence-electron chi connectivity index (χ3n) is 4.06. The molecule has 0 radical (unpaired) electrons. The lowest BCUT2D eigenvalue weighted by Crippen LogP contribution is -2.36. The van der Waals surface area contributed by atoms with Crippen LogP contribution in [0.2, 0.25) is 0 Å². The van der Waals surface area contributed by atoms with Gasteiger partial charge in [0.25, 0.3) is 0 Å². The highest BCUT2D eigenvalue weighted by Crippen LogP contribution is 2.52. The molecule has 1 aliphatic heterocycles. The first-order chi connectivity index (χ1) is 8.09. The quantitative estimate of drug-likeness (QED) is 0.763. The molecule has 4 nitrogen and oxygen atoms in total. The van der Waals surface area contributed by atoms with Gasteiger partial charge in [-0.05, 0) is 38.8 Å². The van der Waals surface area contributed by atoms with Crippen LogP contribution in [-0.2, 0) is 4.57 Å². The highest BCUT2D eigenvalue weighted by atomic mass is 31.2. The minimum absolute atomic E-state index is 0.286. The second-order valence-corrected chi connectivity index (χ2v) is 7.95. The Balaban J connectivity index is 1.94. The van der Waals surface area contributed by atoms with Crippen molar-refractivity contribution in [1.29, 1.82) is 0 Å². The molecule has 2 aliphatic rings. The van der Waals surface area contributed by atoms with Gasteiger partial charge in [-0.25, -0.2) is 0 Å². The van der Waals surface area contributed by atoms with Crippen LogP contribution >= 0.6 is 7.37 Å². The Hall–Kier alpha value is 0.110. The zero-order chi connectivity index (χ0) is 12.3. The van der Waals surface area contributed by atoms with Gasteiger partial charge in [0.05, 0.1) is 18.0 Å². The number of aliphatic hydroxyl groups excluding tert-OH is 1. The van der Waals surface area contributed by atoms with Crippen molar-refractivity contribution in [1.82, 2.24) is 4.90 Å². The topological polar surface area (TPSA) is 60.8 Å². The summed E-state index contributed by atoms with van der Waals surface area (Å²) in [5.41, 5.74) is -0.377. The van der Waals surface area contributed by atoms with E-state index < -0.39 is 13.5 Å². The zero-order valence-corrected chi connectivity index (χ0v) is 11.3. The molecule has 0 aromatic heterocycles. The molecule has 3 atom stereocenters. The fourth-order valence-electron chi connectivity index (χ4n) is 3.05. The van der Waals surface area contributed by atoms with Gasteiger partial charge in [0, 0.05) is 0 Å². The molecule has 0 bridgehead atoms. The van der Waals surface area contributed by atoms with E-state index in [1.165, 1.54) is 6.42 Å². The fraction of sp³-hybridized carbons (Fsp3) is 1.00. The summed E-state index contributed by atoms with van der Waals surface area (Å²) in [6.07, 6.45) is 6.59. The summed E-state index contributed by atoms with van der Waals surface area (Å²) in [6, 6.07) is 0. The van der Waals surface area contributed by atoms with Crippen LogP contribution in [0.25, 0.3) is 0 Å². The van der Waals surface area contributed by atoms with E-state index in [0.717, 1.165) is 38.8 Å². The van der Waals surface area contributed by atoms with Crippen LogP contribution in [0.15, 0.2) is 0 Å². The molecule has 1 saturated carbocycles. The van der Waals surface area contributed by atoms with Crippen molar-refractivity contribution in [3.05, 3.63) is 0 Å². The summed E-state index contributed by atoms with van der Waals surface area (Å²) >= 11 is 0. The van der Waals surface area contributed by atoms with Crippen molar-refractivity contribution < 1.29 is 14.6 Å². The first kappa shape index (κ1) is 13.5. The maximum Gasteiger partial charge on any atom is 0.219 e. The molecular weight excluding hydrogens is 237 g/mol. The molecule has 17 heavy (non-hydrogen) atoms. The van der Waals surface area contributed by atoms with Gasteiger partial charge in [-0.3, -0.25) is 9.46 Å². The number of piperidine rings is 1. The van der Waals surface area contributed by atoms with Crippen LogP contribution in [0.1, 0.15) is 44.9 Å². The molecule has 0 aromatic rings. The first-order valence-electron chi connectivity index (χ1n) is 6.81. The van der Waals surface area contributed by atoms with Gasteiger partial charge < -0.3 is 10.00 Å². The van der Waals surface area contributed by atoms with E-state index >= 15 is 0 Å². The van der Waals surface area contributed by atoms with Gasteiger partial charge in [-0.2, -0.15) is 0 Å². The molecule has 0 aromatic carbocycles. The van der Waals surface area contributed by atoms with Crippen molar-refractivity contribution >= 4 is 7.37 Å². The average molecular weight is 261 g/mol. The van der Waals surface area contributed by atoms with Crippen LogP contribution in [0.5, 0.6) is 0 Å². The molecule has 2 N–H and O–H groups in total. The Morgan fingerprint density at radius 3 is 2.35 bits per heavy atom. The van der Waals surface area contributed by atoms with E-state index in [-0.39, 0.29) is 11.9 Å². The summed E-state index contributed by atoms with van der Waals surface area (Å²) in [7, 11) is -3.22. The smallest absolute Gasteiger partial charge is 0.219 e. The molecule has 1 saturated heterocycles. The lowest BCUT2D eigenvalue weighted by atomic mass is 9.97. The predicted octanol–water partition coefficient (Wildman–Crippen LogP) is 2.00. The maximum atomic E-state index is 12.4. The fourth-order valence-corrected chi connectivity index (χ4v) is 5.39. The predicted molar refractivity (Wildman–Crippen MR) is 68.4 cm³/mol. The minimum atomic E-state index is -3.22. The maximum absolute atomic E-state index is 12.4. The second-order valence-electron chi connectivity index (χ2n) is 5.49. The van der Waals surface area contributed by atoms with E-state index in [1.807, 2.05) is 0 Å². The molecule has 1 aliphatic carbocycles. The van der Waals surface area contributed by atoms with Gasteiger partial charge in [0.2, 0.25) is 7.37 Å². The summed E-state index contributed by atoms with van der Waals surface area (Å²) in [5, 5.41) is 9.88. The van der Waals surface area contributed by atoms with E-state index in [9.17, 15) is 14.6 Å². The molecule has 5 heteroatoms. The average Bonchev–Trinajstić information content (AvgIpc) is 2.30. The Bertz CT molecular complexity index is 291. The van der Waals surface area contributed by atoms with Crippen molar-refractivity contribution in [2.24, 2.45) is 0 Å². The summed E-state index contributed by atoms with van der Waals surface area (Å²) < 4.78 is 12.4. The van der Waals surface area contributed by atoms with Gasteiger partial charge in [0.1, 0.15) is 0 Å². The van der Waals surface area contributed by atoms with Crippen molar-refractivity contribution in [3.8, 4) is 0 Å². The Morgan fingerprint density at radius 2 is 1.71 bits per heavy atom. The molecule has 1 heterocycles. The van der Waals surface area contributed by atoms with E-state index in [0.29, 0.717) is 12.8 Å². The SMILES string of the molecule is O=P(O)(CN1CCCCC1)[C@H]1CCCC[C@@H]1O. The molecule has 1 unspecified atom stereocenters. The van der Waals surface area contributed by atoms with Gasteiger partial charge in [-0.15, -0.1) is 0 Å². The molecule has 100 valence electrons. The summed E-state index contributed by atoms with van der Waals surface area (Å²) in [5.74, 6) is 0. The largest absolute Gasteiger partial charge is 0.392 e. The van der Waals surface area contributed by atoms with Crippen LogP contribution in [-0.4, -0.2) is 46.0 Å². The Morgan fingerprint density at radius 1 is 1.06 bits per heavy atom. The highest BCUT2D eigenvalue weighted by Gasteiger charge is 2.39. The first-order valence-corrected chi connectivity index (χ1v) is 8.73. The molecule has 2 fully saturated rings. The van der Waals surface area contributed by atoms with Crippen molar-refractivity contribution in [2.45, 2.75) is 56.7 Å². The minimum Gasteiger partial charge on any atom is -0.392 e. The Kier molecular flexibility index (Phi) is 4.65. The van der Waals surface area contributed by atoms with Gasteiger partial charge in [0.15, 0.2) is 0 Å². The lowest BCUT2D eigenvalue weighted by Gasteiger charge is -2.35. The molecule has 0 amide bonds. The number of likely N-dealkylation sites (tertiary alicyclic amines) is 1. The number of rotatable bonds is 3. The van der Waals surface area contributed by atoms with Crippen molar-refractivity contribution in [3.63, 3.8) is 0 Å². The summed E-state index contributed by atoms with van der Waals surface area (Å²) in [4.78, 5) is 12.3. The van der Waals surface area contributed by atoms with Crippen LogP contribution in [0.4, 0.5) is 0 Å². The second kappa shape index (κ2) is 5.83. The third-order valence-corrected chi connectivity index (χ3v) is 6.51. The normalized spacial score (nSPS) is 35.4. The van der Waals surface area contributed by atoms with Crippen molar-refractivity contribution in [2.75, 3.05) is 19.4 Å². The molecule has 0 spiro atoms. The van der Waals surface area contributed by atoms with Gasteiger partial charge >= 0.3 is 0 Å². The Labute approximate surface area is 103 Å². The van der Waals surface area contributed by atoms with Crippen LogP contribution in [0, 0.1) is 0 Å². The summed E-state index contributed by atoms with van der Waals surface area (Å²) in [6.45, 7) is 1.88. The van der Waals surface area contributed by atoms with E-state index in [2.05, 4.69) is 4.90 Å². The van der Waals surface area contributed by atoms with Crippen LogP contribution in [0.3, 0.4) is 0 Å². The number of hydrogen-bond donors (Lipinski definition) is 2. The lowest BCUT2D eigenvalue weighted by molar-refractivity contribution is 0.126. The third kappa shape index (κ3) is 3.54. The van der Waals surface area contributed by atoms with Gasteiger partial charge in [-0.1, -0.05) is 19.3 Å². The van der Waals surface area contributed by atoms with E-state index in [4.69, 9.17) is 0 Å².